The zero-order valence-electron chi connectivity index (χ0n) is 13.0. The van der Waals surface area contributed by atoms with Gasteiger partial charge in [-0.1, -0.05) is 6.07 Å². The number of carbonyl (C=O) groups is 1. The Bertz CT molecular complexity index is 807. The summed E-state index contributed by atoms with van der Waals surface area (Å²) in [4.78, 5) is 12.3. The molecule has 0 radical (unpaired) electrons. The van der Waals surface area contributed by atoms with Crippen LogP contribution in [0.3, 0.4) is 0 Å². The van der Waals surface area contributed by atoms with Crippen LogP contribution in [-0.4, -0.2) is 34.6 Å². The molecule has 0 unspecified atom stereocenters. The molecule has 8 heteroatoms. The van der Waals surface area contributed by atoms with Gasteiger partial charge in [0.15, 0.2) is 0 Å². The van der Waals surface area contributed by atoms with Gasteiger partial charge in [0.1, 0.15) is 0 Å². The highest BCUT2D eigenvalue weighted by molar-refractivity contribution is 14.1. The minimum absolute atomic E-state index is 0.101. The van der Waals surface area contributed by atoms with Crippen molar-refractivity contribution in [2.45, 2.75) is 4.90 Å². The summed E-state index contributed by atoms with van der Waals surface area (Å²) in [6.07, 6.45) is 0. The first kappa shape index (κ1) is 18.8. The van der Waals surface area contributed by atoms with E-state index in [4.69, 9.17) is 4.74 Å². The smallest absolute Gasteiger partial charge is 0.255 e. The quantitative estimate of drug-likeness (QED) is 0.491. The lowest BCUT2D eigenvalue weighted by atomic mass is 10.2. The van der Waals surface area contributed by atoms with Crippen molar-refractivity contribution in [1.29, 1.82) is 0 Å². The van der Waals surface area contributed by atoms with E-state index < -0.39 is 10.0 Å². The second-order valence-corrected chi connectivity index (χ2v) is 7.89. The summed E-state index contributed by atoms with van der Waals surface area (Å²) in [7, 11) is -2.11. The molecule has 0 spiro atoms. The van der Waals surface area contributed by atoms with Crippen molar-refractivity contribution < 1.29 is 17.9 Å². The van der Waals surface area contributed by atoms with Gasteiger partial charge < -0.3 is 10.1 Å². The number of hydrogen-bond donors (Lipinski definition) is 2. The van der Waals surface area contributed by atoms with Crippen LogP contribution < -0.4 is 10.0 Å². The fourth-order valence-electron chi connectivity index (χ4n) is 1.92. The van der Waals surface area contributed by atoms with Gasteiger partial charge in [0.25, 0.3) is 5.91 Å². The third-order valence-corrected chi connectivity index (χ3v) is 5.26. The van der Waals surface area contributed by atoms with Gasteiger partial charge >= 0.3 is 0 Å². The first-order valence-electron chi connectivity index (χ1n) is 7.08. The number of anilines is 1. The molecule has 24 heavy (non-hydrogen) atoms. The van der Waals surface area contributed by atoms with Crippen molar-refractivity contribution in [3.63, 3.8) is 0 Å². The minimum Gasteiger partial charge on any atom is -0.383 e. The van der Waals surface area contributed by atoms with Crippen molar-refractivity contribution in [2.24, 2.45) is 0 Å². The van der Waals surface area contributed by atoms with E-state index in [1.165, 1.54) is 31.4 Å². The highest BCUT2D eigenvalue weighted by Gasteiger charge is 2.14. The Hall–Kier alpha value is -1.49. The predicted molar refractivity (Wildman–Crippen MR) is 101 cm³/mol. The number of hydrogen-bond acceptors (Lipinski definition) is 4. The van der Waals surface area contributed by atoms with E-state index in [0.717, 1.165) is 3.57 Å². The average molecular weight is 460 g/mol. The monoisotopic (exact) mass is 460 g/mol. The van der Waals surface area contributed by atoms with E-state index in [1.807, 2.05) is 18.2 Å². The molecule has 0 heterocycles. The summed E-state index contributed by atoms with van der Waals surface area (Å²) in [5, 5.41) is 2.77. The van der Waals surface area contributed by atoms with Gasteiger partial charge in [-0.3, -0.25) is 4.79 Å². The van der Waals surface area contributed by atoms with Crippen LogP contribution in [0.4, 0.5) is 5.69 Å². The van der Waals surface area contributed by atoms with Crippen LogP contribution in [0, 0.1) is 3.57 Å². The maximum Gasteiger partial charge on any atom is 0.255 e. The molecule has 1 amide bonds. The van der Waals surface area contributed by atoms with Crippen molar-refractivity contribution in [3.8, 4) is 0 Å². The van der Waals surface area contributed by atoms with Crippen molar-refractivity contribution in [3.05, 3.63) is 57.7 Å². The molecule has 0 aliphatic carbocycles. The minimum atomic E-state index is -3.60. The summed E-state index contributed by atoms with van der Waals surface area (Å²) in [5.74, 6) is -0.298. The van der Waals surface area contributed by atoms with Gasteiger partial charge in [-0.05, 0) is 65.1 Å². The Morgan fingerprint density at radius 3 is 2.50 bits per heavy atom. The zero-order chi connectivity index (χ0) is 17.6. The first-order chi connectivity index (χ1) is 11.4. The normalized spacial score (nSPS) is 11.2. The van der Waals surface area contributed by atoms with Crippen LogP contribution in [0.5, 0.6) is 0 Å². The van der Waals surface area contributed by atoms with Crippen LogP contribution in [0.25, 0.3) is 0 Å². The number of amides is 1. The maximum atomic E-state index is 12.2. The van der Waals surface area contributed by atoms with Crippen molar-refractivity contribution in [1.82, 2.24) is 4.72 Å². The molecular formula is C16H17IN2O4S. The molecule has 128 valence electrons. The van der Waals surface area contributed by atoms with Gasteiger partial charge in [0.2, 0.25) is 10.0 Å². The molecule has 0 fully saturated rings. The second-order valence-electron chi connectivity index (χ2n) is 4.88. The largest absolute Gasteiger partial charge is 0.383 e. The Morgan fingerprint density at radius 2 is 1.88 bits per heavy atom. The lowest BCUT2D eigenvalue weighted by Crippen LogP contribution is -2.27. The Kier molecular flexibility index (Phi) is 6.72. The summed E-state index contributed by atoms with van der Waals surface area (Å²) in [6, 6.07) is 13.2. The Labute approximate surface area is 154 Å². The van der Waals surface area contributed by atoms with Crippen LogP contribution in [-0.2, 0) is 14.8 Å². The third kappa shape index (κ3) is 5.26. The molecule has 0 aliphatic rings. The molecule has 0 saturated carbocycles. The van der Waals surface area contributed by atoms with E-state index >= 15 is 0 Å². The summed E-state index contributed by atoms with van der Waals surface area (Å²) in [5.41, 5.74) is 1.06. The number of rotatable bonds is 7. The Balaban J connectivity index is 2.07. The van der Waals surface area contributed by atoms with Gasteiger partial charge in [0, 0.05) is 28.5 Å². The standard InChI is InChI=1S/C16H17IN2O4S/c1-23-10-9-18-24(21,22)15-7-5-12(6-8-15)16(20)19-14-4-2-3-13(17)11-14/h2-8,11,18H,9-10H2,1H3,(H,19,20). The lowest BCUT2D eigenvalue weighted by Gasteiger charge is -2.08. The van der Waals surface area contributed by atoms with Gasteiger partial charge in [-0.15, -0.1) is 0 Å². The van der Waals surface area contributed by atoms with E-state index in [9.17, 15) is 13.2 Å². The number of sulfonamides is 1. The molecule has 0 aliphatic heterocycles. The number of methoxy groups -OCH3 is 1. The van der Waals surface area contributed by atoms with Gasteiger partial charge in [-0.2, -0.15) is 0 Å². The third-order valence-electron chi connectivity index (χ3n) is 3.11. The highest BCUT2D eigenvalue weighted by Crippen LogP contribution is 2.15. The van der Waals surface area contributed by atoms with Crippen LogP contribution >= 0.6 is 22.6 Å². The number of ether oxygens (including phenoxy) is 1. The molecule has 0 aromatic heterocycles. The highest BCUT2D eigenvalue weighted by atomic mass is 127. The number of carbonyl (C=O) groups excluding carboxylic acids is 1. The number of halogens is 1. The second kappa shape index (κ2) is 8.56. The SMILES string of the molecule is COCCNS(=O)(=O)c1ccc(C(=O)Nc2cccc(I)c2)cc1. The molecular weight excluding hydrogens is 443 g/mol. The van der Waals surface area contributed by atoms with Crippen molar-refractivity contribution in [2.75, 3.05) is 25.6 Å². The average Bonchev–Trinajstić information content (AvgIpc) is 2.55. The summed E-state index contributed by atoms with van der Waals surface area (Å²) >= 11 is 2.16. The maximum absolute atomic E-state index is 12.2. The van der Waals surface area contributed by atoms with Crippen LogP contribution in [0.2, 0.25) is 0 Å². The molecule has 0 bridgehead atoms. The molecule has 6 nitrogen and oxygen atoms in total. The van der Waals surface area contributed by atoms with Gasteiger partial charge in [0.05, 0.1) is 11.5 Å². The van der Waals surface area contributed by atoms with Crippen LogP contribution in [0.1, 0.15) is 10.4 Å². The lowest BCUT2D eigenvalue weighted by molar-refractivity contribution is 0.102. The summed E-state index contributed by atoms with van der Waals surface area (Å²) in [6.45, 7) is 0.476. The molecule has 0 atom stereocenters. The fourth-order valence-corrected chi connectivity index (χ4v) is 3.47. The van der Waals surface area contributed by atoms with E-state index in [1.54, 1.807) is 6.07 Å². The van der Waals surface area contributed by atoms with Gasteiger partial charge in [-0.25, -0.2) is 13.1 Å². The zero-order valence-corrected chi connectivity index (χ0v) is 15.9. The molecule has 2 aromatic rings. The van der Waals surface area contributed by atoms with E-state index in [0.29, 0.717) is 11.3 Å². The van der Waals surface area contributed by atoms with E-state index in [2.05, 4.69) is 32.6 Å². The number of nitrogens with one attached hydrogen (secondary N) is 2. The Morgan fingerprint density at radius 1 is 1.17 bits per heavy atom. The fraction of sp³-hybridized carbons (Fsp3) is 0.188. The van der Waals surface area contributed by atoms with Crippen LogP contribution in [0.15, 0.2) is 53.4 Å². The predicted octanol–water partition coefficient (Wildman–Crippen LogP) is 2.47. The van der Waals surface area contributed by atoms with E-state index in [-0.39, 0.29) is 24.0 Å². The molecule has 0 saturated heterocycles. The number of benzene rings is 2. The van der Waals surface area contributed by atoms with Crippen molar-refractivity contribution >= 4 is 44.2 Å². The molecule has 2 aromatic carbocycles. The topological polar surface area (TPSA) is 84.5 Å². The molecule has 2 rings (SSSR count). The first-order valence-corrected chi connectivity index (χ1v) is 9.64. The molecule has 2 N–H and O–H groups in total. The summed E-state index contributed by atoms with van der Waals surface area (Å²) < 4.78 is 32.3.